The van der Waals surface area contributed by atoms with E-state index in [0.717, 1.165) is 0 Å². The minimum Gasteiger partial charge on any atom is -0.491 e. The van der Waals surface area contributed by atoms with Crippen LogP contribution in [0.25, 0.3) is 0 Å². The average Bonchev–Trinajstić information content (AvgIpc) is 2.14. The van der Waals surface area contributed by atoms with Crippen molar-refractivity contribution in [1.82, 2.24) is 0 Å². The standard InChI is InChI=1S/C8H10N2O4/c9-6-3-7(10(12)13)5-8(4-6)14-2-1-11/h3-5,11H,1-2,9H2. The number of ether oxygens (including phenoxy) is 1. The molecule has 0 bridgehead atoms. The maximum Gasteiger partial charge on any atom is 0.275 e. The quantitative estimate of drug-likeness (QED) is 0.418. The maximum atomic E-state index is 10.4. The molecular weight excluding hydrogens is 188 g/mol. The normalized spacial score (nSPS) is 9.79. The lowest BCUT2D eigenvalue weighted by Crippen LogP contribution is -2.02. The van der Waals surface area contributed by atoms with Crippen LogP contribution in [-0.2, 0) is 0 Å². The van der Waals surface area contributed by atoms with Crippen LogP contribution >= 0.6 is 0 Å². The Kier molecular flexibility index (Phi) is 3.24. The van der Waals surface area contributed by atoms with Crippen molar-refractivity contribution in [3.8, 4) is 5.75 Å². The van der Waals surface area contributed by atoms with E-state index in [4.69, 9.17) is 15.6 Å². The zero-order valence-electron chi connectivity index (χ0n) is 7.34. The molecule has 0 aliphatic carbocycles. The van der Waals surface area contributed by atoms with E-state index in [9.17, 15) is 10.1 Å². The van der Waals surface area contributed by atoms with Gasteiger partial charge in [0.2, 0.25) is 0 Å². The van der Waals surface area contributed by atoms with E-state index in [1.807, 2.05) is 0 Å². The molecule has 0 aliphatic rings. The summed E-state index contributed by atoms with van der Waals surface area (Å²) in [6.45, 7) is -0.0663. The second-order valence-electron chi connectivity index (χ2n) is 2.59. The zero-order chi connectivity index (χ0) is 10.6. The Morgan fingerprint density at radius 2 is 2.21 bits per heavy atom. The Labute approximate surface area is 80.1 Å². The van der Waals surface area contributed by atoms with Gasteiger partial charge in [-0.1, -0.05) is 0 Å². The number of nitrogens with two attached hydrogens (primary N) is 1. The monoisotopic (exact) mass is 198 g/mol. The van der Waals surface area contributed by atoms with Crippen LogP contribution in [0.4, 0.5) is 11.4 Å². The molecule has 76 valence electrons. The lowest BCUT2D eigenvalue weighted by molar-refractivity contribution is -0.384. The molecule has 6 heteroatoms. The van der Waals surface area contributed by atoms with Gasteiger partial charge in [-0.3, -0.25) is 10.1 Å². The van der Waals surface area contributed by atoms with Crippen LogP contribution < -0.4 is 10.5 Å². The van der Waals surface area contributed by atoms with Crippen molar-refractivity contribution in [2.75, 3.05) is 18.9 Å². The first-order valence-electron chi connectivity index (χ1n) is 3.92. The van der Waals surface area contributed by atoms with E-state index in [2.05, 4.69) is 0 Å². The van der Waals surface area contributed by atoms with Crippen molar-refractivity contribution in [2.45, 2.75) is 0 Å². The molecule has 0 radical (unpaired) electrons. The largest absolute Gasteiger partial charge is 0.491 e. The Morgan fingerprint density at radius 1 is 1.50 bits per heavy atom. The number of nitrogens with zero attached hydrogens (tertiary/aromatic N) is 1. The number of rotatable bonds is 4. The predicted molar refractivity (Wildman–Crippen MR) is 50.1 cm³/mol. The molecule has 0 amide bonds. The molecule has 0 atom stereocenters. The number of nitro groups is 1. The fourth-order valence-electron chi connectivity index (χ4n) is 0.958. The number of anilines is 1. The third-order valence-corrected chi connectivity index (χ3v) is 1.48. The summed E-state index contributed by atoms with van der Waals surface area (Å²) < 4.78 is 4.99. The molecular formula is C8H10N2O4. The number of aliphatic hydroxyl groups is 1. The number of non-ortho nitro benzene ring substituents is 1. The van der Waals surface area contributed by atoms with E-state index in [1.165, 1.54) is 18.2 Å². The lowest BCUT2D eigenvalue weighted by Gasteiger charge is -2.04. The van der Waals surface area contributed by atoms with Crippen molar-refractivity contribution in [3.05, 3.63) is 28.3 Å². The molecule has 0 fully saturated rings. The highest BCUT2D eigenvalue weighted by Gasteiger charge is 2.08. The summed E-state index contributed by atoms with van der Waals surface area (Å²) in [6.07, 6.45) is 0. The lowest BCUT2D eigenvalue weighted by atomic mass is 10.2. The highest BCUT2D eigenvalue weighted by atomic mass is 16.6. The van der Waals surface area contributed by atoms with Gasteiger partial charge in [0.25, 0.3) is 5.69 Å². The van der Waals surface area contributed by atoms with Gasteiger partial charge < -0.3 is 15.6 Å². The van der Waals surface area contributed by atoms with Crippen molar-refractivity contribution >= 4 is 11.4 Å². The van der Waals surface area contributed by atoms with Crippen molar-refractivity contribution in [1.29, 1.82) is 0 Å². The molecule has 1 rings (SSSR count). The zero-order valence-corrected chi connectivity index (χ0v) is 7.34. The minimum absolute atomic E-state index is 0.0839. The Balaban J connectivity index is 2.89. The van der Waals surface area contributed by atoms with Gasteiger partial charge in [-0.15, -0.1) is 0 Å². The molecule has 0 unspecified atom stereocenters. The summed E-state index contributed by atoms with van der Waals surface area (Å²) in [4.78, 5) is 9.87. The van der Waals surface area contributed by atoms with Crippen LogP contribution in [0, 0.1) is 10.1 Å². The molecule has 0 saturated carbocycles. The molecule has 0 aromatic heterocycles. The summed E-state index contributed by atoms with van der Waals surface area (Å²) in [7, 11) is 0. The molecule has 0 heterocycles. The second kappa shape index (κ2) is 4.43. The van der Waals surface area contributed by atoms with Gasteiger partial charge in [0, 0.05) is 17.8 Å². The summed E-state index contributed by atoms with van der Waals surface area (Å²) in [6, 6.07) is 3.96. The van der Waals surface area contributed by atoms with E-state index in [-0.39, 0.29) is 30.3 Å². The van der Waals surface area contributed by atoms with E-state index < -0.39 is 4.92 Å². The molecule has 1 aromatic rings. The molecule has 0 spiro atoms. The van der Waals surface area contributed by atoms with Crippen molar-refractivity contribution in [2.24, 2.45) is 0 Å². The molecule has 0 aliphatic heterocycles. The van der Waals surface area contributed by atoms with E-state index >= 15 is 0 Å². The molecule has 3 N–H and O–H groups in total. The smallest absolute Gasteiger partial charge is 0.275 e. The number of aliphatic hydroxyl groups excluding tert-OH is 1. The summed E-state index contributed by atoms with van der Waals surface area (Å²) in [5.74, 6) is 0.283. The Morgan fingerprint density at radius 3 is 2.79 bits per heavy atom. The van der Waals surface area contributed by atoms with Gasteiger partial charge in [-0.05, 0) is 0 Å². The topological polar surface area (TPSA) is 98.6 Å². The highest BCUT2D eigenvalue weighted by Crippen LogP contribution is 2.23. The van der Waals surface area contributed by atoms with Crippen molar-refractivity contribution in [3.63, 3.8) is 0 Å². The number of hydrogen-bond donors (Lipinski definition) is 2. The van der Waals surface area contributed by atoms with E-state index in [0.29, 0.717) is 0 Å². The van der Waals surface area contributed by atoms with E-state index in [1.54, 1.807) is 0 Å². The fourth-order valence-corrected chi connectivity index (χ4v) is 0.958. The number of nitro benzene ring substituents is 1. The van der Waals surface area contributed by atoms with Crippen LogP contribution in [0.2, 0.25) is 0 Å². The number of benzene rings is 1. The second-order valence-corrected chi connectivity index (χ2v) is 2.59. The van der Waals surface area contributed by atoms with Crippen LogP contribution in [0.3, 0.4) is 0 Å². The minimum atomic E-state index is -0.553. The fraction of sp³-hybridized carbons (Fsp3) is 0.250. The van der Waals surface area contributed by atoms with Gasteiger partial charge in [0.15, 0.2) is 0 Å². The highest BCUT2D eigenvalue weighted by molar-refractivity contribution is 5.53. The Hall–Kier alpha value is -1.82. The van der Waals surface area contributed by atoms with Crippen LogP contribution in [0.15, 0.2) is 18.2 Å². The summed E-state index contributed by atoms with van der Waals surface area (Å²) in [5, 5.41) is 18.9. The van der Waals surface area contributed by atoms with Gasteiger partial charge in [0.1, 0.15) is 12.4 Å². The van der Waals surface area contributed by atoms with Crippen LogP contribution in [-0.4, -0.2) is 23.2 Å². The first kappa shape index (κ1) is 10.3. The maximum absolute atomic E-state index is 10.4. The number of hydrogen-bond acceptors (Lipinski definition) is 5. The van der Waals surface area contributed by atoms with Gasteiger partial charge >= 0.3 is 0 Å². The Bertz CT molecular complexity index is 340. The molecule has 0 saturated heterocycles. The number of nitrogen functional groups attached to an aromatic ring is 1. The van der Waals surface area contributed by atoms with Crippen LogP contribution in [0.5, 0.6) is 5.75 Å². The first-order chi connectivity index (χ1) is 6.63. The third kappa shape index (κ3) is 2.60. The van der Waals surface area contributed by atoms with Gasteiger partial charge in [0.05, 0.1) is 17.6 Å². The SMILES string of the molecule is Nc1cc(OCCO)cc([N+](=O)[O-])c1. The van der Waals surface area contributed by atoms with Crippen LogP contribution in [0.1, 0.15) is 0 Å². The average molecular weight is 198 g/mol. The van der Waals surface area contributed by atoms with Gasteiger partial charge in [-0.2, -0.15) is 0 Å². The molecule has 6 nitrogen and oxygen atoms in total. The predicted octanol–water partition coefficient (Wildman–Crippen LogP) is 0.548. The molecule has 1 aromatic carbocycles. The van der Waals surface area contributed by atoms with Gasteiger partial charge in [-0.25, -0.2) is 0 Å². The third-order valence-electron chi connectivity index (χ3n) is 1.48. The van der Waals surface area contributed by atoms with Crippen molar-refractivity contribution < 1.29 is 14.8 Å². The molecule has 14 heavy (non-hydrogen) atoms. The summed E-state index contributed by atoms with van der Waals surface area (Å²) >= 11 is 0. The summed E-state index contributed by atoms with van der Waals surface area (Å²) in [5.41, 5.74) is 5.55. The first-order valence-corrected chi connectivity index (χ1v) is 3.92.